The molecule has 0 aromatic carbocycles. The van der Waals surface area contributed by atoms with Crippen molar-refractivity contribution in [2.75, 3.05) is 5.75 Å². The summed E-state index contributed by atoms with van der Waals surface area (Å²) in [7, 11) is 0. The second-order valence-corrected chi connectivity index (χ2v) is 3.76. The Labute approximate surface area is 102 Å². The van der Waals surface area contributed by atoms with Crippen molar-refractivity contribution in [1.29, 1.82) is 0 Å². The molecule has 0 bridgehead atoms. The Morgan fingerprint density at radius 3 is 2.92 bits per heavy atom. The van der Waals surface area contributed by atoms with Crippen molar-refractivity contribution in [3.05, 3.63) is 22.4 Å². The van der Waals surface area contributed by atoms with Crippen LogP contribution in [0.25, 0.3) is 0 Å². The van der Waals surface area contributed by atoms with Crippen LogP contribution in [0.3, 0.4) is 0 Å². The molecule has 0 atom stereocenters. The maximum absolute atomic E-state index is 10.00. The summed E-state index contributed by atoms with van der Waals surface area (Å²) >= 11 is 2.99. The van der Waals surface area contributed by atoms with Gasteiger partial charge >= 0.3 is 29.6 Å². The van der Waals surface area contributed by atoms with E-state index >= 15 is 0 Å². The van der Waals surface area contributed by atoms with Gasteiger partial charge in [0.1, 0.15) is 0 Å². The molecule has 5 heteroatoms. The van der Waals surface area contributed by atoms with Crippen LogP contribution in [0.2, 0.25) is 0 Å². The van der Waals surface area contributed by atoms with Gasteiger partial charge in [-0.2, -0.15) is 23.1 Å². The van der Waals surface area contributed by atoms with E-state index in [9.17, 15) is 9.90 Å². The number of carbonyl (C=O) groups is 1. The van der Waals surface area contributed by atoms with Crippen molar-refractivity contribution >= 4 is 29.1 Å². The molecule has 1 heterocycles. The van der Waals surface area contributed by atoms with Crippen LogP contribution < -0.4 is 34.7 Å². The molecule has 0 aliphatic rings. The summed E-state index contributed by atoms with van der Waals surface area (Å²) in [5.41, 5.74) is 1.18. The van der Waals surface area contributed by atoms with E-state index in [1.54, 1.807) is 11.3 Å². The summed E-state index contributed by atoms with van der Waals surface area (Å²) in [6.45, 7) is 0. The molecule has 60 valence electrons. The number of carbonyl (C=O) groups excluding carboxylic acids is 1. The van der Waals surface area contributed by atoms with Crippen molar-refractivity contribution in [3.8, 4) is 0 Å². The minimum atomic E-state index is -0.995. The number of carboxylic acid groups (broad SMARTS) is 1. The molecule has 1 rings (SSSR count). The van der Waals surface area contributed by atoms with Gasteiger partial charge in [0.2, 0.25) is 0 Å². The van der Waals surface area contributed by atoms with Crippen molar-refractivity contribution in [2.45, 2.75) is 5.75 Å². The Hall–Kier alpha value is 0.520. The fourth-order valence-corrected chi connectivity index (χ4v) is 2.09. The normalized spacial score (nSPS) is 9.00. The summed E-state index contributed by atoms with van der Waals surface area (Å²) in [6.07, 6.45) is 0. The first kappa shape index (κ1) is 12.5. The van der Waals surface area contributed by atoms with Crippen LogP contribution in [-0.4, -0.2) is 11.7 Å². The van der Waals surface area contributed by atoms with E-state index in [0.717, 1.165) is 5.75 Å². The Bertz CT molecular complexity index is 223. The maximum atomic E-state index is 10.00. The molecular formula is C7H7NaO2S2. The third-order valence-corrected chi connectivity index (χ3v) is 2.78. The van der Waals surface area contributed by atoms with Crippen molar-refractivity contribution < 1.29 is 39.5 Å². The van der Waals surface area contributed by atoms with Gasteiger partial charge in [0.05, 0.1) is 5.97 Å². The van der Waals surface area contributed by atoms with Crippen LogP contribution in [-0.2, 0) is 10.5 Å². The first-order valence-electron chi connectivity index (χ1n) is 3.07. The zero-order valence-electron chi connectivity index (χ0n) is 6.78. The van der Waals surface area contributed by atoms with Gasteiger partial charge in [-0.1, -0.05) is 0 Å². The molecule has 0 N–H and O–H groups in total. The molecule has 0 saturated heterocycles. The SMILES string of the molecule is O=C([O-])CSCc1ccsc1.[Na+]. The first-order chi connectivity index (χ1) is 5.29. The maximum Gasteiger partial charge on any atom is 1.00 e. The monoisotopic (exact) mass is 210 g/mol. The molecular weight excluding hydrogens is 203 g/mol. The summed E-state index contributed by atoms with van der Waals surface area (Å²) in [6, 6.07) is 1.99. The van der Waals surface area contributed by atoms with E-state index in [0.29, 0.717) is 0 Å². The molecule has 0 unspecified atom stereocenters. The smallest absolute Gasteiger partial charge is 0.549 e. The van der Waals surface area contributed by atoms with Crippen LogP contribution in [0.1, 0.15) is 5.56 Å². The van der Waals surface area contributed by atoms with E-state index in [4.69, 9.17) is 0 Å². The summed E-state index contributed by atoms with van der Waals surface area (Å²) in [5.74, 6) is -0.155. The molecule has 0 saturated carbocycles. The summed E-state index contributed by atoms with van der Waals surface area (Å²) in [4.78, 5) is 10.00. The number of rotatable bonds is 4. The van der Waals surface area contributed by atoms with E-state index in [2.05, 4.69) is 0 Å². The average Bonchev–Trinajstić information content (AvgIpc) is 2.39. The van der Waals surface area contributed by atoms with Crippen molar-refractivity contribution in [3.63, 3.8) is 0 Å². The summed E-state index contributed by atoms with van der Waals surface area (Å²) in [5, 5.41) is 14.0. The molecule has 2 nitrogen and oxygen atoms in total. The van der Waals surface area contributed by atoms with Crippen molar-refractivity contribution in [1.82, 2.24) is 0 Å². The van der Waals surface area contributed by atoms with Gasteiger partial charge in [0.25, 0.3) is 0 Å². The minimum Gasteiger partial charge on any atom is -0.549 e. The Morgan fingerprint density at radius 2 is 2.42 bits per heavy atom. The van der Waals surface area contributed by atoms with Gasteiger partial charge in [-0.25, -0.2) is 0 Å². The predicted molar refractivity (Wildman–Crippen MR) is 45.5 cm³/mol. The molecule has 1 aromatic heterocycles. The average molecular weight is 210 g/mol. The van der Waals surface area contributed by atoms with Crippen LogP contribution in [0.5, 0.6) is 0 Å². The van der Waals surface area contributed by atoms with Crippen LogP contribution in [0, 0.1) is 0 Å². The Balaban J connectivity index is 0.00000121. The minimum absolute atomic E-state index is 0. The van der Waals surface area contributed by atoms with Gasteiger partial charge in [-0.15, -0.1) is 0 Å². The number of carboxylic acids is 1. The second kappa shape index (κ2) is 6.97. The Kier molecular flexibility index (Phi) is 7.28. The first-order valence-corrected chi connectivity index (χ1v) is 5.17. The summed E-state index contributed by atoms with van der Waals surface area (Å²) < 4.78 is 0. The topological polar surface area (TPSA) is 40.1 Å². The zero-order valence-corrected chi connectivity index (χ0v) is 10.4. The van der Waals surface area contributed by atoms with Gasteiger partial charge in [0.15, 0.2) is 0 Å². The number of thiophene rings is 1. The van der Waals surface area contributed by atoms with E-state index < -0.39 is 5.97 Å². The molecule has 1 aromatic rings. The van der Waals surface area contributed by atoms with Gasteiger partial charge in [-0.3, -0.25) is 0 Å². The number of thioether (sulfide) groups is 1. The van der Waals surface area contributed by atoms with Crippen LogP contribution in [0.15, 0.2) is 16.8 Å². The molecule has 12 heavy (non-hydrogen) atoms. The standard InChI is InChI=1S/C7H8O2S2.Na/c8-7(9)5-11-4-6-1-2-10-3-6;/h1-3H,4-5H2,(H,8,9);/q;+1/p-1. The van der Waals surface area contributed by atoms with E-state index in [1.165, 1.54) is 17.3 Å². The molecule has 0 aliphatic heterocycles. The number of hydrogen-bond acceptors (Lipinski definition) is 4. The fraction of sp³-hybridized carbons (Fsp3) is 0.286. The molecule has 0 aliphatic carbocycles. The van der Waals surface area contributed by atoms with Gasteiger partial charge in [0, 0.05) is 11.5 Å². The predicted octanol–water partition coefficient (Wildman–Crippen LogP) is -2.26. The third kappa shape index (κ3) is 5.22. The van der Waals surface area contributed by atoms with Crippen LogP contribution >= 0.6 is 23.1 Å². The largest absolute Gasteiger partial charge is 1.00 e. The van der Waals surface area contributed by atoms with Gasteiger partial charge < -0.3 is 9.90 Å². The quantitative estimate of drug-likeness (QED) is 0.526. The molecule has 0 amide bonds. The van der Waals surface area contributed by atoms with Crippen LogP contribution in [0.4, 0.5) is 0 Å². The second-order valence-electron chi connectivity index (χ2n) is 2.00. The third-order valence-electron chi connectivity index (χ3n) is 1.07. The number of hydrogen-bond donors (Lipinski definition) is 0. The van der Waals surface area contributed by atoms with Gasteiger partial charge in [-0.05, 0) is 22.4 Å². The van der Waals surface area contributed by atoms with E-state index in [1.807, 2.05) is 16.8 Å². The fourth-order valence-electron chi connectivity index (χ4n) is 0.627. The molecule has 0 radical (unpaired) electrons. The van der Waals surface area contributed by atoms with E-state index in [-0.39, 0.29) is 35.3 Å². The molecule has 0 spiro atoms. The Morgan fingerprint density at radius 1 is 1.67 bits per heavy atom. The zero-order chi connectivity index (χ0) is 8.10. The number of aliphatic carboxylic acids is 1. The van der Waals surface area contributed by atoms with Crippen molar-refractivity contribution in [2.24, 2.45) is 0 Å². The molecule has 0 fully saturated rings.